The summed E-state index contributed by atoms with van der Waals surface area (Å²) in [4.78, 5) is 46.8. The van der Waals surface area contributed by atoms with Crippen LogP contribution < -0.4 is 4.74 Å². The van der Waals surface area contributed by atoms with Crippen molar-refractivity contribution in [2.24, 2.45) is 0 Å². The SMILES string of the molecule is CC(=O)O[C@H]1O[C@@H](Oc2ccc(O)cc2C/C=C(\C)CC/C=C(\C)C[C@H](C=C(C)C)OC(C)=O)[C@H](O)[C@@H](OC(C)=O)[C@H]1OC(C)=O. The highest BCUT2D eigenvalue weighted by Gasteiger charge is 2.52. The summed E-state index contributed by atoms with van der Waals surface area (Å²) < 4.78 is 32.7. The van der Waals surface area contributed by atoms with Crippen molar-refractivity contribution in [3.63, 3.8) is 0 Å². The van der Waals surface area contributed by atoms with Crippen LogP contribution >= 0.6 is 0 Å². The average molecular weight is 647 g/mol. The Kier molecular flexibility index (Phi) is 15.0. The minimum Gasteiger partial charge on any atom is -0.508 e. The molecule has 1 saturated heterocycles. The summed E-state index contributed by atoms with van der Waals surface area (Å²) in [6, 6.07) is 4.39. The fourth-order valence-corrected chi connectivity index (χ4v) is 4.81. The number of aromatic hydroxyl groups is 1. The Morgan fingerprint density at radius 3 is 2.04 bits per heavy atom. The summed E-state index contributed by atoms with van der Waals surface area (Å²) in [6.45, 7) is 12.6. The highest BCUT2D eigenvalue weighted by molar-refractivity contribution is 5.68. The van der Waals surface area contributed by atoms with Crippen LogP contribution in [0.2, 0.25) is 0 Å². The minimum atomic E-state index is -1.65. The molecule has 1 fully saturated rings. The monoisotopic (exact) mass is 646 g/mol. The number of esters is 4. The Balaban J connectivity index is 2.19. The van der Waals surface area contributed by atoms with E-state index in [0.717, 1.165) is 50.3 Å². The molecule has 254 valence electrons. The third-order valence-electron chi connectivity index (χ3n) is 6.71. The Labute approximate surface area is 269 Å². The number of aliphatic hydroxyl groups excluding tert-OH is 1. The first kappa shape index (κ1) is 38.0. The predicted octanol–water partition coefficient (Wildman–Crippen LogP) is 4.74. The first-order valence-corrected chi connectivity index (χ1v) is 15.0. The molecule has 1 aliphatic rings. The molecular formula is C34H46O12. The van der Waals surface area contributed by atoms with Gasteiger partial charge in [0.15, 0.2) is 12.2 Å². The van der Waals surface area contributed by atoms with Crippen LogP contribution in [0.5, 0.6) is 11.5 Å². The lowest BCUT2D eigenvalue weighted by molar-refractivity contribution is -0.327. The second-order valence-corrected chi connectivity index (χ2v) is 11.5. The normalized spacial score (nSPS) is 22.2. The fourth-order valence-electron chi connectivity index (χ4n) is 4.81. The second-order valence-electron chi connectivity index (χ2n) is 11.5. The molecule has 0 spiro atoms. The van der Waals surface area contributed by atoms with E-state index < -0.39 is 48.8 Å². The maximum Gasteiger partial charge on any atom is 0.305 e. The van der Waals surface area contributed by atoms with E-state index in [0.29, 0.717) is 18.4 Å². The number of phenolic OH excluding ortho intramolecular Hbond substituents is 1. The third kappa shape index (κ3) is 13.1. The molecule has 0 aromatic heterocycles. The second kappa shape index (κ2) is 18.1. The molecule has 0 radical (unpaired) electrons. The molecule has 6 atom stereocenters. The van der Waals surface area contributed by atoms with Crippen molar-refractivity contribution in [2.45, 2.75) is 118 Å². The standard InChI is InChI=1S/C34H46O12/c1-19(2)16-28(41-22(5)35)17-21(4)11-9-10-20(3)12-13-26-18-27(39)14-15-29(26)45-33-30(40)31(42-23(6)36)32(43-24(7)37)34(46-33)44-25(8)38/h11-12,14-16,18,28,30-34,39-40H,9-10,13,17H2,1-8H3/b20-12+,21-11+/t28-,30+,31+,32+,33+,34-/m0/s1. The zero-order valence-corrected chi connectivity index (χ0v) is 27.7. The molecular weight excluding hydrogens is 600 g/mol. The number of hydrogen-bond acceptors (Lipinski definition) is 12. The van der Waals surface area contributed by atoms with Gasteiger partial charge >= 0.3 is 23.9 Å². The van der Waals surface area contributed by atoms with Gasteiger partial charge in [0.1, 0.15) is 17.6 Å². The number of phenols is 1. The molecule has 0 unspecified atom stereocenters. The number of ether oxygens (including phenoxy) is 6. The number of carbonyl (C=O) groups is 4. The van der Waals surface area contributed by atoms with Crippen LogP contribution in [-0.2, 0) is 49.3 Å². The van der Waals surface area contributed by atoms with E-state index in [1.807, 2.05) is 39.8 Å². The Hall–Kier alpha value is -4.16. The maximum atomic E-state index is 11.8. The highest BCUT2D eigenvalue weighted by atomic mass is 16.8. The summed E-state index contributed by atoms with van der Waals surface area (Å²) in [6.07, 6.45) is 0.542. The summed E-state index contributed by atoms with van der Waals surface area (Å²) >= 11 is 0. The van der Waals surface area contributed by atoms with Crippen LogP contribution in [0.1, 0.15) is 80.2 Å². The molecule has 1 aliphatic heterocycles. The van der Waals surface area contributed by atoms with Crippen LogP contribution in [0.25, 0.3) is 0 Å². The number of benzene rings is 1. The van der Waals surface area contributed by atoms with Crippen molar-refractivity contribution in [3.05, 3.63) is 58.7 Å². The number of allylic oxidation sites excluding steroid dienone is 4. The molecule has 2 rings (SSSR count). The summed E-state index contributed by atoms with van der Waals surface area (Å²) in [7, 11) is 0. The van der Waals surface area contributed by atoms with E-state index in [1.54, 1.807) is 0 Å². The van der Waals surface area contributed by atoms with Crippen molar-refractivity contribution in [3.8, 4) is 11.5 Å². The maximum absolute atomic E-state index is 11.8. The van der Waals surface area contributed by atoms with Gasteiger partial charge in [-0.3, -0.25) is 23.9 Å². The van der Waals surface area contributed by atoms with Gasteiger partial charge in [0, 0.05) is 39.7 Å². The lowest BCUT2D eigenvalue weighted by Crippen LogP contribution is -2.62. The van der Waals surface area contributed by atoms with Crippen LogP contribution in [0.4, 0.5) is 0 Å². The molecule has 2 N–H and O–H groups in total. The first-order chi connectivity index (χ1) is 21.5. The quantitative estimate of drug-likeness (QED) is 0.162. The number of rotatable bonds is 14. The number of carbonyl (C=O) groups excluding carboxylic acids is 4. The van der Waals surface area contributed by atoms with Gasteiger partial charge in [-0.2, -0.15) is 0 Å². The molecule has 0 saturated carbocycles. The molecule has 0 bridgehead atoms. The smallest absolute Gasteiger partial charge is 0.305 e. The molecule has 0 amide bonds. The van der Waals surface area contributed by atoms with Crippen LogP contribution in [0.3, 0.4) is 0 Å². The lowest BCUT2D eigenvalue weighted by atomic mass is 10.0. The summed E-state index contributed by atoms with van der Waals surface area (Å²) in [5.74, 6) is -2.43. The molecule has 0 aliphatic carbocycles. The van der Waals surface area contributed by atoms with Gasteiger partial charge in [0.25, 0.3) is 0 Å². The van der Waals surface area contributed by atoms with Gasteiger partial charge in [0.2, 0.25) is 18.7 Å². The number of aliphatic hydroxyl groups is 1. The van der Waals surface area contributed by atoms with E-state index in [-0.39, 0.29) is 23.6 Å². The zero-order chi connectivity index (χ0) is 34.6. The van der Waals surface area contributed by atoms with Gasteiger partial charge in [0.05, 0.1) is 0 Å². The van der Waals surface area contributed by atoms with Gasteiger partial charge in [-0.25, -0.2) is 0 Å². The van der Waals surface area contributed by atoms with Crippen LogP contribution in [-0.4, -0.2) is 71.1 Å². The largest absolute Gasteiger partial charge is 0.508 e. The van der Waals surface area contributed by atoms with Crippen molar-refractivity contribution in [1.82, 2.24) is 0 Å². The zero-order valence-electron chi connectivity index (χ0n) is 27.7. The van der Waals surface area contributed by atoms with Crippen molar-refractivity contribution in [2.75, 3.05) is 0 Å². The average Bonchev–Trinajstić information content (AvgIpc) is 2.91. The Morgan fingerprint density at radius 1 is 0.826 bits per heavy atom. The van der Waals surface area contributed by atoms with E-state index >= 15 is 0 Å². The molecule has 12 heteroatoms. The molecule has 12 nitrogen and oxygen atoms in total. The predicted molar refractivity (Wildman–Crippen MR) is 166 cm³/mol. The molecule has 1 aromatic rings. The molecule has 1 aromatic carbocycles. The van der Waals surface area contributed by atoms with Gasteiger partial charge in [-0.05, 0) is 71.2 Å². The Bertz CT molecular complexity index is 1320. The van der Waals surface area contributed by atoms with E-state index in [2.05, 4.69) is 6.08 Å². The summed E-state index contributed by atoms with van der Waals surface area (Å²) in [5.41, 5.74) is 3.80. The van der Waals surface area contributed by atoms with Crippen molar-refractivity contribution >= 4 is 23.9 Å². The Morgan fingerprint density at radius 2 is 1.46 bits per heavy atom. The highest BCUT2D eigenvalue weighted by Crippen LogP contribution is 2.32. The van der Waals surface area contributed by atoms with E-state index in [4.69, 9.17) is 28.4 Å². The third-order valence-corrected chi connectivity index (χ3v) is 6.71. The molecule has 46 heavy (non-hydrogen) atoms. The first-order valence-electron chi connectivity index (χ1n) is 15.0. The van der Waals surface area contributed by atoms with E-state index in [1.165, 1.54) is 25.1 Å². The van der Waals surface area contributed by atoms with E-state index in [9.17, 15) is 29.4 Å². The van der Waals surface area contributed by atoms with Gasteiger partial charge < -0.3 is 33.9 Å². The fraction of sp³-hybridized carbons (Fsp3) is 0.529. The number of hydrogen-bond donors (Lipinski definition) is 2. The minimum absolute atomic E-state index is 0.0127. The molecule has 1 heterocycles. The van der Waals surface area contributed by atoms with Crippen molar-refractivity contribution in [1.29, 1.82) is 0 Å². The van der Waals surface area contributed by atoms with Crippen LogP contribution in [0, 0.1) is 0 Å². The van der Waals surface area contributed by atoms with Crippen LogP contribution in [0.15, 0.2) is 53.1 Å². The van der Waals surface area contributed by atoms with Crippen molar-refractivity contribution < 1.29 is 57.8 Å². The summed E-state index contributed by atoms with van der Waals surface area (Å²) in [5, 5.41) is 21.2. The topological polar surface area (TPSA) is 164 Å². The lowest BCUT2D eigenvalue weighted by Gasteiger charge is -2.42. The van der Waals surface area contributed by atoms with Gasteiger partial charge in [-0.15, -0.1) is 0 Å². The van der Waals surface area contributed by atoms with Gasteiger partial charge in [-0.1, -0.05) is 28.9 Å².